The van der Waals surface area contributed by atoms with E-state index >= 15 is 0 Å². The number of aromatic nitrogens is 1. The summed E-state index contributed by atoms with van der Waals surface area (Å²) < 4.78 is 5.37. The van der Waals surface area contributed by atoms with Crippen LogP contribution in [-0.2, 0) is 16.0 Å². The lowest BCUT2D eigenvalue weighted by Crippen LogP contribution is -2.20. The molecule has 176 valence electrons. The molecule has 1 heterocycles. The summed E-state index contributed by atoms with van der Waals surface area (Å²) in [5.74, 6) is -1.29. The molecule has 0 unspecified atom stereocenters. The molecule has 0 bridgehead atoms. The summed E-state index contributed by atoms with van der Waals surface area (Å²) in [5, 5.41) is 10.7. The largest absolute Gasteiger partial charge is 0.454 e. The van der Waals surface area contributed by atoms with E-state index in [4.69, 9.17) is 43.9 Å². The van der Waals surface area contributed by atoms with Crippen LogP contribution in [0, 0.1) is 11.3 Å². The number of allylic oxidation sites excluding steroid dienone is 2. The van der Waals surface area contributed by atoms with Crippen molar-refractivity contribution in [3.05, 3.63) is 86.2 Å². The number of carbonyl (C=O) groups is 2. The first-order valence-electron chi connectivity index (χ1n) is 10.9. The highest BCUT2D eigenvalue weighted by atomic mass is 35.5. The maximum atomic E-state index is 13.3. The molecule has 0 radical (unpaired) electrons. The van der Waals surface area contributed by atoms with Gasteiger partial charge in [-0.05, 0) is 67.2 Å². The van der Waals surface area contributed by atoms with Crippen LogP contribution in [0.2, 0.25) is 10.0 Å². The number of fused-ring (bicyclic) bond motifs is 2. The SMILES string of the molecule is C/C(N)=C(\C#N)C(=O)COC(=O)c1c2c(nc3ccccc13)/C(=C\c1ccc(Cl)c(Cl)c1)CCC2. The number of para-hydroxylation sites is 1. The Hall–Kier alpha value is -3.66. The first kappa shape index (κ1) is 24.5. The van der Waals surface area contributed by atoms with Crippen LogP contribution in [0.15, 0.2) is 53.7 Å². The molecule has 35 heavy (non-hydrogen) atoms. The number of hydrogen-bond acceptors (Lipinski definition) is 6. The fourth-order valence-corrected chi connectivity index (χ4v) is 4.46. The maximum Gasteiger partial charge on any atom is 0.339 e. The first-order chi connectivity index (χ1) is 16.8. The minimum Gasteiger partial charge on any atom is -0.454 e. The number of benzene rings is 2. The number of ether oxygens (including phenoxy) is 1. The molecule has 0 fully saturated rings. The average Bonchev–Trinajstić information content (AvgIpc) is 2.84. The van der Waals surface area contributed by atoms with Crippen molar-refractivity contribution < 1.29 is 14.3 Å². The van der Waals surface area contributed by atoms with Crippen molar-refractivity contribution in [2.75, 3.05) is 6.61 Å². The van der Waals surface area contributed by atoms with Crippen LogP contribution in [0.3, 0.4) is 0 Å². The highest BCUT2D eigenvalue weighted by Crippen LogP contribution is 2.37. The molecule has 2 N–H and O–H groups in total. The molecule has 1 aromatic heterocycles. The number of Topliss-reactive ketones (excluding diaryl/α,β-unsaturated/α-hetero) is 1. The van der Waals surface area contributed by atoms with Gasteiger partial charge in [-0.25, -0.2) is 9.78 Å². The van der Waals surface area contributed by atoms with E-state index in [2.05, 4.69) is 0 Å². The molecule has 3 aromatic rings. The summed E-state index contributed by atoms with van der Waals surface area (Å²) in [5.41, 5.74) is 9.80. The number of nitrogens with zero attached hydrogens (tertiary/aromatic N) is 2. The Bertz CT molecular complexity index is 1460. The van der Waals surface area contributed by atoms with Crippen molar-refractivity contribution >= 4 is 57.5 Å². The smallest absolute Gasteiger partial charge is 0.339 e. The van der Waals surface area contributed by atoms with Crippen LogP contribution in [-0.4, -0.2) is 23.3 Å². The number of pyridine rings is 1. The van der Waals surface area contributed by atoms with Gasteiger partial charge in [-0.15, -0.1) is 0 Å². The fraction of sp³-hybridized carbons (Fsp3) is 0.185. The van der Waals surface area contributed by atoms with Gasteiger partial charge in [-0.1, -0.05) is 47.5 Å². The summed E-state index contributed by atoms with van der Waals surface area (Å²) in [6.07, 6.45) is 4.22. The van der Waals surface area contributed by atoms with Crippen LogP contribution in [0.5, 0.6) is 0 Å². The van der Waals surface area contributed by atoms with E-state index in [1.54, 1.807) is 18.2 Å². The monoisotopic (exact) mass is 505 g/mol. The Morgan fingerprint density at radius 3 is 2.66 bits per heavy atom. The topological polar surface area (TPSA) is 106 Å². The number of rotatable bonds is 5. The van der Waals surface area contributed by atoms with E-state index in [9.17, 15) is 9.59 Å². The van der Waals surface area contributed by atoms with Crippen LogP contribution in [0.25, 0.3) is 22.6 Å². The van der Waals surface area contributed by atoms with E-state index in [0.717, 1.165) is 35.2 Å². The van der Waals surface area contributed by atoms with Gasteiger partial charge >= 0.3 is 5.97 Å². The second kappa shape index (κ2) is 10.3. The minimum atomic E-state index is -0.645. The number of nitrogens with two attached hydrogens (primary N) is 1. The lowest BCUT2D eigenvalue weighted by Gasteiger charge is -2.22. The van der Waals surface area contributed by atoms with Crippen molar-refractivity contribution in [2.45, 2.75) is 26.2 Å². The molecule has 0 saturated carbocycles. The Kier molecular flexibility index (Phi) is 7.20. The fourth-order valence-electron chi connectivity index (χ4n) is 4.16. The first-order valence-corrected chi connectivity index (χ1v) is 11.7. The minimum absolute atomic E-state index is 0.0809. The van der Waals surface area contributed by atoms with Gasteiger partial charge in [-0.2, -0.15) is 5.26 Å². The quantitative estimate of drug-likeness (QED) is 0.262. The molecule has 6 nitrogen and oxygen atoms in total. The van der Waals surface area contributed by atoms with Gasteiger partial charge in [0.2, 0.25) is 5.78 Å². The Balaban J connectivity index is 1.77. The van der Waals surface area contributed by atoms with Gasteiger partial charge < -0.3 is 10.5 Å². The lowest BCUT2D eigenvalue weighted by molar-refractivity contribution is -0.118. The zero-order chi connectivity index (χ0) is 25.1. The highest BCUT2D eigenvalue weighted by Gasteiger charge is 2.27. The molecule has 0 saturated heterocycles. The molecule has 1 aliphatic carbocycles. The molecule has 0 amide bonds. The predicted molar refractivity (Wildman–Crippen MR) is 137 cm³/mol. The normalized spacial score (nSPS) is 14.7. The average molecular weight is 506 g/mol. The summed E-state index contributed by atoms with van der Waals surface area (Å²) >= 11 is 12.2. The third-order valence-electron chi connectivity index (χ3n) is 5.78. The number of nitriles is 1. The third kappa shape index (κ3) is 5.07. The Morgan fingerprint density at radius 2 is 1.94 bits per heavy atom. The standard InChI is InChI=1S/C27H21Cl2N3O3/c1-15(31)20(13-30)24(33)14-35-27(34)25-18-6-2-3-8-23(18)32-26-17(5-4-7-19(25)26)11-16-9-10-21(28)22(29)12-16/h2-3,6,8-12H,4-5,7,14,31H2,1H3/b17-11-,20-15-. The number of ketones is 1. The van der Waals surface area contributed by atoms with E-state index in [1.165, 1.54) is 6.92 Å². The molecule has 8 heteroatoms. The van der Waals surface area contributed by atoms with E-state index in [0.29, 0.717) is 32.9 Å². The molecular weight excluding hydrogens is 485 g/mol. The van der Waals surface area contributed by atoms with Gasteiger partial charge in [-0.3, -0.25) is 4.79 Å². The van der Waals surface area contributed by atoms with Gasteiger partial charge in [0.05, 0.1) is 26.8 Å². The maximum absolute atomic E-state index is 13.3. The molecule has 0 spiro atoms. The van der Waals surface area contributed by atoms with Crippen LogP contribution < -0.4 is 5.73 Å². The summed E-state index contributed by atoms with van der Waals surface area (Å²) in [6.45, 7) is 0.875. The zero-order valence-electron chi connectivity index (χ0n) is 18.9. The van der Waals surface area contributed by atoms with Gasteiger partial charge in [0.15, 0.2) is 6.61 Å². The van der Waals surface area contributed by atoms with Gasteiger partial charge in [0.1, 0.15) is 11.6 Å². The number of esters is 1. The third-order valence-corrected chi connectivity index (χ3v) is 6.52. The van der Waals surface area contributed by atoms with Crippen LogP contribution in [0.4, 0.5) is 0 Å². The van der Waals surface area contributed by atoms with E-state index in [-0.39, 0.29) is 11.3 Å². The summed E-state index contributed by atoms with van der Waals surface area (Å²) in [6, 6.07) is 14.5. The zero-order valence-corrected chi connectivity index (χ0v) is 20.4. The second-order valence-corrected chi connectivity index (χ2v) is 9.01. The molecule has 2 aromatic carbocycles. The van der Waals surface area contributed by atoms with Gasteiger partial charge in [0.25, 0.3) is 0 Å². The molecule has 4 rings (SSSR count). The van der Waals surface area contributed by atoms with Crippen molar-refractivity contribution in [2.24, 2.45) is 5.73 Å². The molecule has 0 atom stereocenters. The van der Waals surface area contributed by atoms with Crippen molar-refractivity contribution in [3.63, 3.8) is 0 Å². The van der Waals surface area contributed by atoms with Crippen molar-refractivity contribution in [1.82, 2.24) is 4.98 Å². The number of halogens is 2. The molecule has 0 aliphatic heterocycles. The molecule has 1 aliphatic rings. The van der Waals surface area contributed by atoms with Crippen LogP contribution in [0.1, 0.15) is 46.9 Å². The highest BCUT2D eigenvalue weighted by molar-refractivity contribution is 6.42. The summed E-state index contributed by atoms with van der Waals surface area (Å²) in [4.78, 5) is 30.5. The number of carbonyl (C=O) groups excluding carboxylic acids is 2. The number of hydrogen-bond donors (Lipinski definition) is 1. The van der Waals surface area contributed by atoms with E-state index in [1.807, 2.05) is 36.4 Å². The summed E-state index contributed by atoms with van der Waals surface area (Å²) in [7, 11) is 0. The van der Waals surface area contributed by atoms with Gasteiger partial charge in [0, 0.05) is 11.1 Å². The Morgan fingerprint density at radius 1 is 1.17 bits per heavy atom. The van der Waals surface area contributed by atoms with Crippen LogP contribution >= 0.6 is 23.2 Å². The van der Waals surface area contributed by atoms with Crippen molar-refractivity contribution in [3.8, 4) is 6.07 Å². The molecular formula is C27H21Cl2N3O3. The lowest BCUT2D eigenvalue weighted by atomic mass is 9.86. The van der Waals surface area contributed by atoms with Crippen molar-refractivity contribution in [1.29, 1.82) is 5.26 Å². The Labute approximate surface area is 212 Å². The predicted octanol–water partition coefficient (Wildman–Crippen LogP) is 5.90. The van der Waals surface area contributed by atoms with E-state index < -0.39 is 18.4 Å². The second-order valence-electron chi connectivity index (χ2n) is 8.20.